The first-order valence-electron chi connectivity index (χ1n) is 5.78. The molecular formula is C13H16INO. The molecule has 0 N–H and O–H groups in total. The van der Waals surface area contributed by atoms with Gasteiger partial charge in [0, 0.05) is 23.1 Å². The minimum Gasteiger partial charge on any atom is -0.338 e. The number of amides is 1. The van der Waals surface area contributed by atoms with Crippen molar-refractivity contribution < 1.29 is 4.79 Å². The second-order valence-electron chi connectivity index (χ2n) is 4.25. The molecule has 1 aliphatic rings. The predicted molar refractivity (Wildman–Crippen MR) is 73.0 cm³/mol. The number of likely N-dealkylation sites (tertiary alicyclic amines) is 1. The average Bonchev–Trinajstić information content (AvgIpc) is 2.48. The van der Waals surface area contributed by atoms with Crippen LogP contribution in [0.2, 0.25) is 0 Å². The smallest absolute Gasteiger partial charge is 0.222 e. The Morgan fingerprint density at radius 1 is 1.12 bits per heavy atom. The van der Waals surface area contributed by atoms with E-state index in [9.17, 15) is 4.79 Å². The number of halogens is 1. The summed E-state index contributed by atoms with van der Waals surface area (Å²) in [6.45, 7) is 1.70. The van der Waals surface area contributed by atoms with Gasteiger partial charge in [0.2, 0.25) is 5.91 Å². The second kappa shape index (κ2) is 5.66. The fourth-order valence-corrected chi connectivity index (χ4v) is 2.38. The molecule has 3 heteroatoms. The van der Waals surface area contributed by atoms with Crippen molar-refractivity contribution >= 4 is 28.5 Å². The molecule has 0 bridgehead atoms. The first-order valence-corrected chi connectivity index (χ1v) is 6.86. The SMILES string of the molecule is O=C1CCCCCN1Cc1ccc(I)cc1. The van der Waals surface area contributed by atoms with Crippen LogP contribution >= 0.6 is 22.6 Å². The molecule has 1 amide bonds. The average molecular weight is 329 g/mol. The Kier molecular flexibility index (Phi) is 4.21. The maximum atomic E-state index is 11.8. The lowest BCUT2D eigenvalue weighted by Crippen LogP contribution is -2.29. The summed E-state index contributed by atoms with van der Waals surface area (Å²) in [6.07, 6.45) is 4.12. The van der Waals surface area contributed by atoms with Crippen LogP contribution in [0, 0.1) is 3.57 Å². The molecule has 1 aromatic rings. The minimum absolute atomic E-state index is 0.316. The van der Waals surface area contributed by atoms with E-state index in [1.807, 2.05) is 4.90 Å². The number of carbonyl (C=O) groups is 1. The fourth-order valence-electron chi connectivity index (χ4n) is 2.02. The normalized spacial score (nSPS) is 17.3. The largest absolute Gasteiger partial charge is 0.338 e. The zero-order chi connectivity index (χ0) is 11.4. The molecule has 0 radical (unpaired) electrons. The third-order valence-corrected chi connectivity index (χ3v) is 3.68. The van der Waals surface area contributed by atoms with Gasteiger partial charge in [-0.05, 0) is 53.1 Å². The Bertz CT molecular complexity index is 361. The molecule has 1 saturated heterocycles. The summed E-state index contributed by atoms with van der Waals surface area (Å²) in [5, 5.41) is 0. The van der Waals surface area contributed by atoms with Gasteiger partial charge in [0.1, 0.15) is 0 Å². The first-order chi connectivity index (χ1) is 7.75. The molecule has 1 heterocycles. The molecule has 1 aromatic carbocycles. The molecule has 0 atom stereocenters. The highest BCUT2D eigenvalue weighted by Crippen LogP contribution is 2.15. The summed E-state index contributed by atoms with van der Waals surface area (Å²) in [5.41, 5.74) is 1.23. The van der Waals surface area contributed by atoms with Crippen LogP contribution in [-0.4, -0.2) is 17.4 Å². The topological polar surface area (TPSA) is 20.3 Å². The van der Waals surface area contributed by atoms with Crippen molar-refractivity contribution in [3.63, 3.8) is 0 Å². The number of benzene rings is 1. The van der Waals surface area contributed by atoms with Gasteiger partial charge in [-0.3, -0.25) is 4.79 Å². The number of hydrogen-bond acceptors (Lipinski definition) is 1. The highest BCUT2D eigenvalue weighted by Gasteiger charge is 2.16. The number of hydrogen-bond donors (Lipinski definition) is 0. The standard InChI is InChI=1S/C13H16INO/c14-12-7-5-11(6-8-12)10-15-9-3-1-2-4-13(15)16/h5-8H,1-4,9-10H2. The summed E-state index contributed by atoms with van der Waals surface area (Å²) in [4.78, 5) is 13.8. The minimum atomic E-state index is 0.316. The lowest BCUT2D eigenvalue weighted by molar-refractivity contribution is -0.131. The Morgan fingerprint density at radius 3 is 2.62 bits per heavy atom. The molecule has 1 fully saturated rings. The van der Waals surface area contributed by atoms with E-state index < -0.39 is 0 Å². The molecule has 0 spiro atoms. The van der Waals surface area contributed by atoms with E-state index in [0.717, 1.165) is 32.4 Å². The number of nitrogens with zero attached hydrogens (tertiary/aromatic N) is 1. The van der Waals surface area contributed by atoms with Crippen molar-refractivity contribution in [3.05, 3.63) is 33.4 Å². The number of rotatable bonds is 2. The Balaban J connectivity index is 2.02. The van der Waals surface area contributed by atoms with Crippen LogP contribution in [0.25, 0.3) is 0 Å². The molecule has 0 aliphatic carbocycles. The van der Waals surface area contributed by atoms with Crippen LogP contribution < -0.4 is 0 Å². The van der Waals surface area contributed by atoms with Crippen LogP contribution in [0.5, 0.6) is 0 Å². The van der Waals surface area contributed by atoms with E-state index in [4.69, 9.17) is 0 Å². The van der Waals surface area contributed by atoms with Gasteiger partial charge in [-0.15, -0.1) is 0 Å². The van der Waals surface area contributed by atoms with Crippen LogP contribution in [0.4, 0.5) is 0 Å². The zero-order valence-corrected chi connectivity index (χ0v) is 11.4. The van der Waals surface area contributed by atoms with Gasteiger partial charge in [-0.25, -0.2) is 0 Å². The predicted octanol–water partition coefficient (Wildman–Crippen LogP) is 3.19. The van der Waals surface area contributed by atoms with E-state index >= 15 is 0 Å². The van der Waals surface area contributed by atoms with Gasteiger partial charge in [0.05, 0.1) is 0 Å². The molecule has 1 aliphatic heterocycles. The van der Waals surface area contributed by atoms with Gasteiger partial charge < -0.3 is 4.90 Å². The molecule has 2 rings (SSSR count). The van der Waals surface area contributed by atoms with Crippen molar-refractivity contribution in [3.8, 4) is 0 Å². The van der Waals surface area contributed by atoms with Crippen molar-refractivity contribution in [2.24, 2.45) is 0 Å². The quantitative estimate of drug-likeness (QED) is 0.763. The maximum absolute atomic E-state index is 11.8. The van der Waals surface area contributed by atoms with Crippen molar-refractivity contribution in [1.29, 1.82) is 0 Å². The highest BCUT2D eigenvalue weighted by molar-refractivity contribution is 14.1. The highest BCUT2D eigenvalue weighted by atomic mass is 127. The lowest BCUT2D eigenvalue weighted by Gasteiger charge is -2.20. The Morgan fingerprint density at radius 2 is 1.88 bits per heavy atom. The van der Waals surface area contributed by atoms with Crippen LogP contribution in [0.1, 0.15) is 31.2 Å². The summed E-state index contributed by atoms with van der Waals surface area (Å²) in [6, 6.07) is 8.41. The first kappa shape index (κ1) is 11.9. The van der Waals surface area contributed by atoms with Crippen molar-refractivity contribution in [2.45, 2.75) is 32.2 Å². The second-order valence-corrected chi connectivity index (χ2v) is 5.50. The molecule has 0 saturated carbocycles. The fraction of sp³-hybridized carbons (Fsp3) is 0.462. The van der Waals surface area contributed by atoms with Crippen LogP contribution in [0.15, 0.2) is 24.3 Å². The third kappa shape index (κ3) is 3.20. The Hall–Kier alpha value is -0.580. The summed E-state index contributed by atoms with van der Waals surface area (Å²) in [5.74, 6) is 0.316. The molecule has 86 valence electrons. The molecule has 2 nitrogen and oxygen atoms in total. The van der Waals surface area contributed by atoms with Gasteiger partial charge in [0.15, 0.2) is 0 Å². The van der Waals surface area contributed by atoms with E-state index in [1.165, 1.54) is 15.6 Å². The maximum Gasteiger partial charge on any atom is 0.222 e. The van der Waals surface area contributed by atoms with Crippen LogP contribution in [0.3, 0.4) is 0 Å². The van der Waals surface area contributed by atoms with Gasteiger partial charge in [0.25, 0.3) is 0 Å². The van der Waals surface area contributed by atoms with Gasteiger partial charge >= 0.3 is 0 Å². The molecule has 0 unspecified atom stereocenters. The van der Waals surface area contributed by atoms with Gasteiger partial charge in [-0.1, -0.05) is 18.6 Å². The Labute approximate surface area is 110 Å². The van der Waals surface area contributed by atoms with Crippen LogP contribution in [-0.2, 0) is 11.3 Å². The molecular weight excluding hydrogens is 313 g/mol. The molecule has 0 aromatic heterocycles. The number of carbonyl (C=O) groups excluding carboxylic acids is 1. The molecule has 16 heavy (non-hydrogen) atoms. The van der Waals surface area contributed by atoms with Crippen molar-refractivity contribution in [2.75, 3.05) is 6.54 Å². The van der Waals surface area contributed by atoms with Crippen molar-refractivity contribution in [1.82, 2.24) is 4.90 Å². The monoisotopic (exact) mass is 329 g/mol. The third-order valence-electron chi connectivity index (χ3n) is 2.96. The van der Waals surface area contributed by atoms with E-state index in [-0.39, 0.29) is 0 Å². The van der Waals surface area contributed by atoms with E-state index in [0.29, 0.717) is 5.91 Å². The van der Waals surface area contributed by atoms with E-state index in [2.05, 4.69) is 46.9 Å². The lowest BCUT2D eigenvalue weighted by atomic mass is 10.2. The summed E-state index contributed by atoms with van der Waals surface area (Å²) < 4.78 is 1.24. The van der Waals surface area contributed by atoms with E-state index in [1.54, 1.807) is 0 Å². The zero-order valence-electron chi connectivity index (χ0n) is 9.29. The summed E-state index contributed by atoms with van der Waals surface area (Å²) in [7, 11) is 0. The van der Waals surface area contributed by atoms with Gasteiger partial charge in [-0.2, -0.15) is 0 Å². The summed E-state index contributed by atoms with van der Waals surface area (Å²) >= 11 is 2.30.